The summed E-state index contributed by atoms with van der Waals surface area (Å²) in [4.78, 5) is 39.7. The number of amides is 2. The lowest BCUT2D eigenvalue weighted by molar-refractivity contribution is -0.116. The Kier molecular flexibility index (Phi) is 7.42. The lowest BCUT2D eigenvalue weighted by atomic mass is 10.1. The molecule has 1 atom stereocenters. The van der Waals surface area contributed by atoms with E-state index in [0.29, 0.717) is 17.7 Å². The maximum absolute atomic E-state index is 12.8. The molecule has 32 heavy (non-hydrogen) atoms. The van der Waals surface area contributed by atoms with Gasteiger partial charge in [-0.1, -0.05) is 49.0 Å². The molecule has 0 fully saturated rings. The van der Waals surface area contributed by atoms with Gasteiger partial charge in [0.05, 0.1) is 10.9 Å². The minimum Gasteiger partial charge on any atom is -0.326 e. The van der Waals surface area contributed by atoms with Crippen LogP contribution in [0.3, 0.4) is 0 Å². The molecule has 1 heterocycles. The van der Waals surface area contributed by atoms with E-state index in [4.69, 9.17) is 0 Å². The first kappa shape index (κ1) is 23.2. The van der Waals surface area contributed by atoms with Gasteiger partial charge in [-0.25, -0.2) is 0 Å². The average Bonchev–Trinajstić information content (AvgIpc) is 2.75. The number of aromatic nitrogens is 3. The maximum atomic E-state index is 12.8. The van der Waals surface area contributed by atoms with E-state index in [9.17, 15) is 14.4 Å². The summed E-state index contributed by atoms with van der Waals surface area (Å²) in [5.41, 5.74) is 3.44. The van der Waals surface area contributed by atoms with Crippen molar-refractivity contribution in [2.75, 3.05) is 10.6 Å². The molecule has 8 nitrogen and oxygen atoms in total. The van der Waals surface area contributed by atoms with Crippen molar-refractivity contribution in [3.05, 3.63) is 63.9 Å². The van der Waals surface area contributed by atoms with Crippen LogP contribution < -0.4 is 16.2 Å². The van der Waals surface area contributed by atoms with E-state index in [-0.39, 0.29) is 22.7 Å². The second-order valence-corrected chi connectivity index (χ2v) is 8.48. The lowest BCUT2D eigenvalue weighted by Gasteiger charge is -2.16. The normalized spacial score (nSPS) is 11.6. The number of benzene rings is 2. The lowest BCUT2D eigenvalue weighted by Crippen LogP contribution is -2.26. The van der Waals surface area contributed by atoms with Gasteiger partial charge in [0.1, 0.15) is 0 Å². The molecule has 3 aromatic rings. The minimum atomic E-state index is -0.461. The minimum absolute atomic E-state index is 0.0894. The molecular weight excluding hydrogens is 426 g/mol. The van der Waals surface area contributed by atoms with Crippen LogP contribution >= 0.6 is 11.8 Å². The first-order valence-electron chi connectivity index (χ1n) is 10.2. The summed E-state index contributed by atoms with van der Waals surface area (Å²) in [6.07, 6.45) is 0.540. The highest BCUT2D eigenvalue weighted by Crippen LogP contribution is 2.26. The summed E-state index contributed by atoms with van der Waals surface area (Å²) in [6.45, 7) is 7.23. The van der Waals surface area contributed by atoms with Gasteiger partial charge in [0, 0.05) is 18.2 Å². The van der Waals surface area contributed by atoms with Gasteiger partial charge >= 0.3 is 0 Å². The number of anilines is 2. The van der Waals surface area contributed by atoms with Gasteiger partial charge in [0.2, 0.25) is 11.8 Å². The second kappa shape index (κ2) is 10.2. The highest BCUT2D eigenvalue weighted by atomic mass is 32.2. The summed E-state index contributed by atoms with van der Waals surface area (Å²) in [5, 5.41) is 13.6. The molecule has 0 aliphatic heterocycles. The number of carbonyl (C=O) groups excluding carboxylic acids is 2. The van der Waals surface area contributed by atoms with Crippen molar-refractivity contribution in [3.8, 4) is 11.3 Å². The number of carbonyl (C=O) groups is 2. The van der Waals surface area contributed by atoms with Gasteiger partial charge in [-0.15, -0.1) is 10.2 Å². The third-order valence-corrected chi connectivity index (χ3v) is 6.19. The summed E-state index contributed by atoms with van der Waals surface area (Å²) >= 11 is 1.15. The van der Waals surface area contributed by atoms with Crippen molar-refractivity contribution < 1.29 is 9.59 Å². The monoisotopic (exact) mass is 451 g/mol. The fourth-order valence-corrected chi connectivity index (χ4v) is 3.94. The molecule has 0 radical (unpaired) electrons. The number of hydrogen-bond acceptors (Lipinski definition) is 6. The van der Waals surface area contributed by atoms with Crippen LogP contribution in [0.5, 0.6) is 0 Å². The number of nitrogens with zero attached hydrogens (tertiary/aromatic N) is 2. The van der Waals surface area contributed by atoms with Gasteiger partial charge in [-0.05, 0) is 43.5 Å². The van der Waals surface area contributed by atoms with Crippen LogP contribution in [0, 0.1) is 13.8 Å². The molecule has 0 bridgehead atoms. The zero-order valence-corrected chi connectivity index (χ0v) is 19.2. The van der Waals surface area contributed by atoms with Crippen LogP contribution in [0.2, 0.25) is 0 Å². The second-order valence-electron chi connectivity index (χ2n) is 7.29. The van der Waals surface area contributed by atoms with E-state index in [0.717, 1.165) is 28.6 Å². The summed E-state index contributed by atoms with van der Waals surface area (Å²) in [7, 11) is 0. The molecule has 166 valence electrons. The zero-order valence-electron chi connectivity index (χ0n) is 18.4. The van der Waals surface area contributed by atoms with E-state index in [1.807, 2.05) is 39.0 Å². The molecular formula is C23H25N5O3S. The Morgan fingerprint density at radius 1 is 1.03 bits per heavy atom. The van der Waals surface area contributed by atoms with Crippen LogP contribution in [0.15, 0.2) is 52.4 Å². The van der Waals surface area contributed by atoms with E-state index < -0.39 is 10.8 Å². The Balaban J connectivity index is 1.80. The van der Waals surface area contributed by atoms with Crippen molar-refractivity contribution in [2.24, 2.45) is 0 Å². The van der Waals surface area contributed by atoms with Gasteiger partial charge in [-0.2, -0.15) is 0 Å². The van der Waals surface area contributed by atoms with Crippen LogP contribution in [0.25, 0.3) is 11.3 Å². The first-order chi connectivity index (χ1) is 15.3. The molecule has 0 aliphatic carbocycles. The average molecular weight is 452 g/mol. The molecule has 0 saturated carbocycles. The third-order valence-electron chi connectivity index (χ3n) is 4.95. The number of hydrogen-bond donors (Lipinski definition) is 3. The molecule has 0 unspecified atom stereocenters. The molecule has 1 aromatic heterocycles. The molecule has 2 aromatic carbocycles. The molecule has 0 saturated heterocycles. The number of para-hydroxylation sites is 1. The molecule has 3 rings (SSSR count). The topological polar surface area (TPSA) is 117 Å². The van der Waals surface area contributed by atoms with Crippen LogP contribution in [0.4, 0.5) is 11.4 Å². The fraction of sp³-hybridized carbons (Fsp3) is 0.261. The van der Waals surface area contributed by atoms with E-state index in [1.165, 1.54) is 6.92 Å². The van der Waals surface area contributed by atoms with Crippen molar-refractivity contribution in [2.45, 2.75) is 44.5 Å². The summed E-state index contributed by atoms with van der Waals surface area (Å²) in [6, 6.07) is 12.6. The number of rotatable bonds is 7. The van der Waals surface area contributed by atoms with Crippen LogP contribution in [-0.4, -0.2) is 32.2 Å². The Morgan fingerprint density at radius 2 is 1.75 bits per heavy atom. The quantitative estimate of drug-likeness (QED) is 0.469. The van der Waals surface area contributed by atoms with Gasteiger partial charge in [-0.3, -0.25) is 19.4 Å². The predicted molar refractivity (Wildman–Crippen MR) is 127 cm³/mol. The molecule has 0 spiro atoms. The number of nitrogens with one attached hydrogen (secondary N) is 3. The van der Waals surface area contributed by atoms with Crippen molar-refractivity contribution in [1.29, 1.82) is 0 Å². The Bertz CT molecular complexity index is 1210. The SMILES string of the molecule is CC[C@H](Sc1nnc(-c2ccccc2NC(C)=O)c(=O)[nH]1)C(=O)Nc1cccc(C)c1C. The van der Waals surface area contributed by atoms with Gasteiger partial charge < -0.3 is 10.6 Å². The number of thioether (sulfide) groups is 1. The maximum Gasteiger partial charge on any atom is 0.278 e. The summed E-state index contributed by atoms with van der Waals surface area (Å²) < 4.78 is 0. The Morgan fingerprint density at radius 3 is 2.44 bits per heavy atom. The smallest absolute Gasteiger partial charge is 0.278 e. The van der Waals surface area contributed by atoms with Crippen LogP contribution in [-0.2, 0) is 9.59 Å². The highest BCUT2D eigenvalue weighted by molar-refractivity contribution is 8.00. The van der Waals surface area contributed by atoms with E-state index in [2.05, 4.69) is 25.8 Å². The van der Waals surface area contributed by atoms with Crippen molar-refractivity contribution >= 4 is 35.0 Å². The van der Waals surface area contributed by atoms with Crippen LogP contribution in [0.1, 0.15) is 31.4 Å². The molecule has 9 heteroatoms. The van der Waals surface area contributed by atoms with Gasteiger partial charge in [0.15, 0.2) is 10.9 Å². The molecule has 2 amide bonds. The number of aryl methyl sites for hydroxylation is 1. The fourth-order valence-electron chi connectivity index (χ4n) is 3.10. The molecule has 0 aliphatic rings. The van der Waals surface area contributed by atoms with E-state index >= 15 is 0 Å². The largest absolute Gasteiger partial charge is 0.326 e. The Hall–Kier alpha value is -3.46. The molecule has 3 N–H and O–H groups in total. The van der Waals surface area contributed by atoms with Crippen molar-refractivity contribution in [1.82, 2.24) is 15.2 Å². The number of aromatic amines is 1. The number of H-pyrrole nitrogens is 1. The standard InChI is InChI=1S/C23H25N5O3S/c1-5-19(21(30)25-17-12-8-9-13(2)14(17)3)32-23-26-22(31)20(27-28-23)16-10-6-7-11-18(16)24-15(4)29/h6-12,19H,5H2,1-4H3,(H,24,29)(H,25,30)(H,26,28,31)/t19-/m0/s1. The highest BCUT2D eigenvalue weighted by Gasteiger charge is 2.21. The first-order valence-corrected chi connectivity index (χ1v) is 11.1. The van der Waals surface area contributed by atoms with Gasteiger partial charge in [0.25, 0.3) is 5.56 Å². The summed E-state index contributed by atoms with van der Waals surface area (Å²) in [5.74, 6) is -0.427. The zero-order chi connectivity index (χ0) is 23.3. The third kappa shape index (κ3) is 5.42. The predicted octanol–water partition coefficient (Wildman–Crippen LogP) is 3.92. The Labute approximate surface area is 190 Å². The van der Waals surface area contributed by atoms with Crippen molar-refractivity contribution in [3.63, 3.8) is 0 Å². The van der Waals surface area contributed by atoms with E-state index in [1.54, 1.807) is 24.3 Å².